The highest BCUT2D eigenvalue weighted by Crippen LogP contribution is 2.38. The first-order chi connectivity index (χ1) is 17.9. The summed E-state index contributed by atoms with van der Waals surface area (Å²) in [7, 11) is 0.786. The minimum absolute atomic E-state index is 0.115. The molecule has 1 amide bonds. The average Bonchev–Trinajstić information content (AvgIpc) is 3.41. The van der Waals surface area contributed by atoms with E-state index in [0.29, 0.717) is 25.3 Å². The molecule has 1 aromatic heterocycles. The molecule has 0 saturated carbocycles. The molecule has 2 aromatic carbocycles. The van der Waals surface area contributed by atoms with Crippen LogP contribution in [-0.4, -0.2) is 71.1 Å². The maximum atomic E-state index is 13.8. The maximum Gasteiger partial charge on any atom is 0.243 e. The lowest BCUT2D eigenvalue weighted by molar-refractivity contribution is -0.133. The fourth-order valence-corrected chi connectivity index (χ4v) is 6.87. The van der Waals surface area contributed by atoms with Crippen molar-refractivity contribution in [3.05, 3.63) is 76.0 Å². The third-order valence-electron chi connectivity index (χ3n) is 6.48. The summed E-state index contributed by atoms with van der Waals surface area (Å²) in [6.45, 7) is 0.805. The van der Waals surface area contributed by atoms with Crippen molar-refractivity contribution in [1.82, 2.24) is 9.21 Å². The van der Waals surface area contributed by atoms with Gasteiger partial charge in [0.15, 0.2) is 0 Å². The molecule has 4 rings (SSSR count). The molecule has 0 N–H and O–H groups in total. The molecule has 198 valence electrons. The number of carbonyl (C=O) groups excluding carboxylic acids is 1. The van der Waals surface area contributed by atoms with Crippen molar-refractivity contribution in [1.29, 1.82) is 0 Å². The number of sulfonamides is 1. The molecule has 0 fully saturated rings. The predicted molar refractivity (Wildman–Crippen MR) is 143 cm³/mol. The number of thiophene rings is 1. The van der Waals surface area contributed by atoms with Crippen molar-refractivity contribution in [2.45, 2.75) is 23.8 Å². The Labute approximate surface area is 222 Å². The molecular weight excluding hydrogens is 512 g/mol. The Morgan fingerprint density at radius 1 is 1.00 bits per heavy atom. The van der Waals surface area contributed by atoms with E-state index in [0.717, 1.165) is 23.3 Å². The van der Waals surface area contributed by atoms with Gasteiger partial charge in [-0.2, -0.15) is 4.31 Å². The third kappa shape index (κ3) is 5.98. The predicted octanol–water partition coefficient (Wildman–Crippen LogP) is 3.97. The average molecular weight is 545 g/mol. The van der Waals surface area contributed by atoms with Crippen LogP contribution in [0.4, 0.5) is 0 Å². The standard InChI is InChI=1S/C27H32N2O6S2/c1-33-17-4-15-28(37(31,32)23-11-9-22(35-3)10-12-23)19-26(30)29-16-13-25-24(14-18-36-25)27(29)20-5-7-21(34-2)8-6-20/h5-12,14,18,27H,4,13,15-17,19H2,1-3H3. The second kappa shape index (κ2) is 12.1. The van der Waals surface area contributed by atoms with E-state index in [-0.39, 0.29) is 29.9 Å². The largest absolute Gasteiger partial charge is 0.497 e. The van der Waals surface area contributed by atoms with Crippen LogP contribution in [0.15, 0.2) is 64.9 Å². The van der Waals surface area contributed by atoms with Crippen LogP contribution in [-0.2, 0) is 26.0 Å². The maximum absolute atomic E-state index is 13.8. The first-order valence-electron chi connectivity index (χ1n) is 12.0. The molecule has 37 heavy (non-hydrogen) atoms. The molecule has 0 spiro atoms. The molecule has 0 bridgehead atoms. The van der Waals surface area contributed by atoms with E-state index in [4.69, 9.17) is 14.2 Å². The molecule has 1 aliphatic heterocycles. The number of rotatable bonds is 11. The van der Waals surface area contributed by atoms with Crippen LogP contribution in [0.1, 0.15) is 28.5 Å². The lowest BCUT2D eigenvalue weighted by Crippen LogP contribution is -2.47. The molecule has 0 aliphatic carbocycles. The van der Waals surface area contributed by atoms with Gasteiger partial charge in [0.2, 0.25) is 15.9 Å². The monoisotopic (exact) mass is 544 g/mol. The minimum Gasteiger partial charge on any atom is -0.497 e. The highest BCUT2D eigenvalue weighted by atomic mass is 32.2. The zero-order valence-electron chi connectivity index (χ0n) is 21.3. The number of benzene rings is 2. The Balaban J connectivity index is 1.63. The van der Waals surface area contributed by atoms with Gasteiger partial charge in [0.05, 0.1) is 31.7 Å². The SMILES string of the molecule is COCCCN(CC(=O)N1CCc2sccc2C1c1ccc(OC)cc1)S(=O)(=O)c1ccc(OC)cc1. The molecule has 0 saturated heterocycles. The minimum atomic E-state index is -3.92. The molecular formula is C27H32N2O6S2. The molecule has 2 heterocycles. The summed E-state index contributed by atoms with van der Waals surface area (Å²) in [4.78, 5) is 17.0. The topological polar surface area (TPSA) is 85.4 Å². The Morgan fingerprint density at radius 3 is 2.27 bits per heavy atom. The summed E-state index contributed by atoms with van der Waals surface area (Å²) >= 11 is 1.68. The summed E-state index contributed by atoms with van der Waals surface area (Å²) in [5.41, 5.74) is 2.04. The number of amides is 1. The van der Waals surface area contributed by atoms with Crippen molar-refractivity contribution in [2.75, 3.05) is 47.6 Å². The number of fused-ring (bicyclic) bond motifs is 1. The van der Waals surface area contributed by atoms with Gasteiger partial charge < -0.3 is 19.1 Å². The Hall–Kier alpha value is -2.92. The summed E-state index contributed by atoms with van der Waals surface area (Å²) in [5.74, 6) is 1.05. The molecule has 0 radical (unpaired) electrons. The summed E-state index contributed by atoms with van der Waals surface area (Å²) in [6, 6.07) is 15.6. The molecule has 8 nitrogen and oxygen atoms in total. The van der Waals surface area contributed by atoms with Crippen LogP contribution in [0.5, 0.6) is 11.5 Å². The van der Waals surface area contributed by atoms with Crippen molar-refractivity contribution in [2.24, 2.45) is 0 Å². The van der Waals surface area contributed by atoms with Crippen LogP contribution in [0.2, 0.25) is 0 Å². The van der Waals surface area contributed by atoms with E-state index < -0.39 is 10.0 Å². The van der Waals surface area contributed by atoms with Gasteiger partial charge in [0, 0.05) is 31.7 Å². The second-order valence-electron chi connectivity index (χ2n) is 8.67. The number of hydrogen-bond acceptors (Lipinski definition) is 7. The zero-order chi connectivity index (χ0) is 26.4. The zero-order valence-corrected chi connectivity index (χ0v) is 22.9. The van der Waals surface area contributed by atoms with Crippen molar-refractivity contribution < 1.29 is 27.4 Å². The second-order valence-corrected chi connectivity index (χ2v) is 11.6. The first kappa shape index (κ1) is 27.1. The molecule has 3 aromatic rings. The van der Waals surface area contributed by atoms with Crippen molar-refractivity contribution in [3.63, 3.8) is 0 Å². The van der Waals surface area contributed by atoms with Gasteiger partial charge in [-0.25, -0.2) is 8.42 Å². The van der Waals surface area contributed by atoms with Crippen LogP contribution in [0.3, 0.4) is 0 Å². The Kier molecular flexibility index (Phi) is 8.86. The summed E-state index contributed by atoms with van der Waals surface area (Å²) < 4.78 is 44.0. The fraction of sp³-hybridized carbons (Fsp3) is 0.370. The van der Waals surface area contributed by atoms with Crippen LogP contribution in [0.25, 0.3) is 0 Å². The molecule has 1 unspecified atom stereocenters. The highest BCUT2D eigenvalue weighted by Gasteiger charge is 2.35. The van der Waals surface area contributed by atoms with Crippen LogP contribution in [0, 0.1) is 0 Å². The molecule has 1 aliphatic rings. The first-order valence-corrected chi connectivity index (χ1v) is 14.3. The van der Waals surface area contributed by atoms with Crippen molar-refractivity contribution in [3.8, 4) is 11.5 Å². The normalized spacial score (nSPS) is 15.5. The molecule has 10 heteroatoms. The number of nitrogens with zero attached hydrogens (tertiary/aromatic N) is 2. The van der Waals surface area contributed by atoms with E-state index in [9.17, 15) is 13.2 Å². The molecule has 1 atom stereocenters. The van der Waals surface area contributed by atoms with Crippen molar-refractivity contribution >= 4 is 27.3 Å². The number of ether oxygens (including phenoxy) is 3. The van der Waals surface area contributed by atoms with Gasteiger partial charge in [-0.1, -0.05) is 12.1 Å². The lowest BCUT2D eigenvalue weighted by Gasteiger charge is -2.37. The summed E-state index contributed by atoms with van der Waals surface area (Å²) in [6.07, 6.45) is 1.20. The lowest BCUT2D eigenvalue weighted by atomic mass is 9.93. The fourth-order valence-electron chi connectivity index (χ4n) is 4.54. The van der Waals surface area contributed by atoms with Crippen LogP contribution >= 0.6 is 11.3 Å². The number of hydrogen-bond donors (Lipinski definition) is 0. The quantitative estimate of drug-likeness (QED) is 0.340. The van der Waals surface area contributed by atoms with E-state index in [1.54, 1.807) is 42.6 Å². The van der Waals surface area contributed by atoms with Gasteiger partial charge in [-0.05, 0) is 71.8 Å². The van der Waals surface area contributed by atoms with Gasteiger partial charge in [-0.15, -0.1) is 11.3 Å². The smallest absolute Gasteiger partial charge is 0.243 e. The Morgan fingerprint density at radius 2 is 1.65 bits per heavy atom. The van der Waals surface area contributed by atoms with Gasteiger partial charge in [-0.3, -0.25) is 4.79 Å². The van der Waals surface area contributed by atoms with E-state index in [1.165, 1.54) is 28.4 Å². The van der Waals surface area contributed by atoms with E-state index in [1.807, 2.05) is 29.6 Å². The highest BCUT2D eigenvalue weighted by molar-refractivity contribution is 7.89. The van der Waals surface area contributed by atoms with Crippen LogP contribution < -0.4 is 9.47 Å². The van der Waals surface area contributed by atoms with Gasteiger partial charge in [0.1, 0.15) is 11.5 Å². The van der Waals surface area contributed by atoms with E-state index in [2.05, 4.69) is 6.07 Å². The van der Waals surface area contributed by atoms with Gasteiger partial charge >= 0.3 is 0 Å². The Bertz CT molecular complexity index is 1290. The number of methoxy groups -OCH3 is 3. The summed E-state index contributed by atoms with van der Waals surface area (Å²) in [5, 5.41) is 2.04. The van der Waals surface area contributed by atoms with E-state index >= 15 is 0 Å². The number of carbonyl (C=O) groups is 1. The third-order valence-corrected chi connectivity index (χ3v) is 9.34. The van der Waals surface area contributed by atoms with Gasteiger partial charge in [0.25, 0.3) is 0 Å².